The fourth-order valence-corrected chi connectivity index (χ4v) is 5.38. The topological polar surface area (TPSA) is 179 Å². The molecule has 16 nitrogen and oxygen atoms in total. The van der Waals surface area contributed by atoms with Gasteiger partial charge in [0.15, 0.2) is 29.6 Å². The van der Waals surface area contributed by atoms with E-state index in [-0.39, 0.29) is 37.5 Å². The predicted molar refractivity (Wildman–Crippen MR) is 160 cm³/mol. The maximum Gasteiger partial charge on any atom is 0.335 e. The number of fused-ring (bicyclic) bond motifs is 1. The second-order valence-corrected chi connectivity index (χ2v) is 11.0. The predicted octanol–water partition coefficient (Wildman–Crippen LogP) is 0.537. The van der Waals surface area contributed by atoms with Crippen LogP contribution in [0.25, 0.3) is 11.2 Å². The van der Waals surface area contributed by atoms with E-state index >= 15 is 0 Å². The summed E-state index contributed by atoms with van der Waals surface area (Å²) < 4.78 is 31.5. The van der Waals surface area contributed by atoms with Gasteiger partial charge in [-0.05, 0) is 18.6 Å². The Hall–Kier alpha value is -4.73. The summed E-state index contributed by atoms with van der Waals surface area (Å²) in [6, 6.07) is 0. The van der Waals surface area contributed by atoms with E-state index < -0.39 is 59.7 Å². The highest BCUT2D eigenvalue weighted by atomic mass is 16.7. The molecule has 2 aliphatic rings. The summed E-state index contributed by atoms with van der Waals surface area (Å²) in [5, 5.41) is 0. The van der Waals surface area contributed by atoms with Crippen LogP contribution in [0.1, 0.15) is 47.0 Å². The molecule has 1 saturated heterocycles. The summed E-state index contributed by atoms with van der Waals surface area (Å²) in [6.45, 7) is 5.48. The number of unbranched alkanes of at least 4 members (excludes halogenated alkanes) is 2. The fraction of sp³-hybridized carbons (Fsp3) is 0.567. The smallest absolute Gasteiger partial charge is 0.335 e. The number of hydrogen-bond donors (Lipinski definition) is 0. The second-order valence-electron chi connectivity index (χ2n) is 11.0. The third-order valence-electron chi connectivity index (χ3n) is 7.51. The zero-order valence-electron chi connectivity index (χ0n) is 26.5. The van der Waals surface area contributed by atoms with Gasteiger partial charge in [0.2, 0.25) is 0 Å². The number of esters is 4. The van der Waals surface area contributed by atoms with Crippen molar-refractivity contribution in [2.24, 2.45) is 7.05 Å². The highest BCUT2D eigenvalue weighted by Gasteiger charge is 2.51. The van der Waals surface area contributed by atoms with Gasteiger partial charge in [-0.2, -0.15) is 0 Å². The Bertz CT molecular complexity index is 1650. The molecule has 0 unspecified atom stereocenters. The zero-order valence-corrected chi connectivity index (χ0v) is 26.5. The first-order chi connectivity index (χ1) is 21.9. The van der Waals surface area contributed by atoms with Gasteiger partial charge in [-0.1, -0.05) is 19.8 Å². The van der Waals surface area contributed by atoms with Crippen LogP contribution in [-0.4, -0.2) is 91.8 Å². The minimum Gasteiger partial charge on any atom is -0.463 e. The number of aromatic nitrogens is 4. The average molecular weight is 646 g/mol. The summed E-state index contributed by atoms with van der Waals surface area (Å²) in [4.78, 5) is 80.4. The molecule has 2 aliphatic heterocycles. The van der Waals surface area contributed by atoms with Crippen LogP contribution in [0, 0.1) is 0 Å². The average Bonchev–Trinajstić information content (AvgIpc) is 3.58. The summed E-state index contributed by atoms with van der Waals surface area (Å²) in [5.74, 6) is -2.61. The molecule has 4 rings (SSSR count). The maximum atomic E-state index is 13.3. The lowest BCUT2D eigenvalue weighted by atomic mass is 10.1. The molecule has 0 spiro atoms. The van der Waals surface area contributed by atoms with Crippen LogP contribution >= 0.6 is 0 Å². The molecule has 4 atom stereocenters. The van der Waals surface area contributed by atoms with Gasteiger partial charge in [-0.3, -0.25) is 28.3 Å². The van der Waals surface area contributed by atoms with E-state index in [9.17, 15) is 28.8 Å². The van der Waals surface area contributed by atoms with Gasteiger partial charge in [-0.15, -0.1) is 0 Å². The van der Waals surface area contributed by atoms with Crippen molar-refractivity contribution in [2.75, 3.05) is 19.8 Å². The Kier molecular flexibility index (Phi) is 11.2. The molecule has 0 saturated carbocycles. The molecule has 0 bridgehead atoms. The van der Waals surface area contributed by atoms with Crippen molar-refractivity contribution in [3.63, 3.8) is 0 Å². The number of rotatable bonds is 13. The van der Waals surface area contributed by atoms with E-state index in [4.69, 9.17) is 23.7 Å². The van der Waals surface area contributed by atoms with Gasteiger partial charge < -0.3 is 33.2 Å². The van der Waals surface area contributed by atoms with Crippen LogP contribution < -0.4 is 11.2 Å². The van der Waals surface area contributed by atoms with E-state index in [1.54, 1.807) is 28.1 Å². The van der Waals surface area contributed by atoms with Gasteiger partial charge >= 0.3 is 29.6 Å². The lowest BCUT2D eigenvalue weighted by Gasteiger charge is -2.32. The highest BCUT2D eigenvalue weighted by Crippen LogP contribution is 2.31. The summed E-state index contributed by atoms with van der Waals surface area (Å²) in [6.07, 6.45) is 4.89. The largest absolute Gasteiger partial charge is 0.463 e. The number of carbonyl (C=O) groups is 4. The summed E-state index contributed by atoms with van der Waals surface area (Å²) >= 11 is 0. The Morgan fingerprint density at radius 2 is 1.70 bits per heavy atom. The first-order valence-electron chi connectivity index (χ1n) is 15.0. The maximum absolute atomic E-state index is 13.3. The number of ether oxygens (including phenoxy) is 5. The van der Waals surface area contributed by atoms with Gasteiger partial charge in [0.25, 0.3) is 5.56 Å². The van der Waals surface area contributed by atoms with Crippen molar-refractivity contribution in [1.82, 2.24) is 23.6 Å². The minimum atomic E-state index is -1.12. The summed E-state index contributed by atoms with van der Waals surface area (Å²) in [5.41, 5.74) is -0.317. The second kappa shape index (κ2) is 15.0. The third kappa shape index (κ3) is 7.73. The minimum absolute atomic E-state index is 0.0462. The fourth-order valence-electron chi connectivity index (χ4n) is 5.38. The Labute approximate surface area is 264 Å². The van der Waals surface area contributed by atoms with Crippen molar-refractivity contribution < 1.29 is 42.9 Å². The Morgan fingerprint density at radius 3 is 2.37 bits per heavy atom. The van der Waals surface area contributed by atoms with E-state index in [0.717, 1.165) is 23.8 Å². The first-order valence-corrected chi connectivity index (χ1v) is 15.0. The molecule has 46 heavy (non-hydrogen) atoms. The molecule has 0 aromatic carbocycles. The third-order valence-corrected chi connectivity index (χ3v) is 7.51. The van der Waals surface area contributed by atoms with Crippen molar-refractivity contribution in [2.45, 2.75) is 84.6 Å². The van der Waals surface area contributed by atoms with Crippen LogP contribution in [0.2, 0.25) is 0 Å². The summed E-state index contributed by atoms with van der Waals surface area (Å²) in [7, 11) is 1.53. The first kappa shape index (κ1) is 34.1. The highest BCUT2D eigenvalue weighted by molar-refractivity contribution is 5.89. The number of nitrogens with zero attached hydrogens (tertiary/aromatic N) is 5. The zero-order chi connectivity index (χ0) is 33.5. The number of allylic oxidation sites excluding steroid dienone is 2. The van der Waals surface area contributed by atoms with Crippen LogP contribution in [0.3, 0.4) is 0 Å². The van der Waals surface area contributed by atoms with Crippen molar-refractivity contribution in [3.8, 4) is 0 Å². The van der Waals surface area contributed by atoms with Gasteiger partial charge in [-0.25, -0.2) is 14.6 Å². The molecule has 0 aliphatic carbocycles. The molecule has 0 radical (unpaired) electrons. The van der Waals surface area contributed by atoms with Gasteiger partial charge in [0, 0.05) is 40.6 Å². The number of aryl methyl sites for hydroxylation is 2. The SMILES string of the molecule is CCCCCn1cnc2c1c(=O)n(CCOC(=O)C1=CC=CN([C@@H]3O[C@H](COC(C)=O)[C@@H](OC(C)=O)[C@H]3OC(C)=O)C1)c(=O)n2C. The van der Waals surface area contributed by atoms with Crippen LogP contribution in [-0.2, 0) is 63.0 Å². The lowest BCUT2D eigenvalue weighted by Crippen LogP contribution is -2.47. The lowest BCUT2D eigenvalue weighted by molar-refractivity contribution is -0.167. The molecular formula is C30H39N5O11. The molecule has 16 heteroatoms. The standard InChI is InChI=1S/C30H39N5O11/c1-6-7-8-11-34-17-31-26-23(34)27(39)35(30(41)32(26)5)13-14-42-29(40)21-10-9-12-33(15-21)28-25(45-20(4)38)24(44-19(3)37)22(46-28)16-43-18(2)36/h9-10,12,17,22,24-25,28H,6-8,11,13-16H2,1-5H3/t22-,24-,25-,28-/m1/s1. The van der Waals surface area contributed by atoms with E-state index in [2.05, 4.69) is 11.9 Å². The number of carbonyl (C=O) groups excluding carboxylic acids is 4. The molecule has 0 amide bonds. The molecule has 4 heterocycles. The molecule has 0 N–H and O–H groups in total. The van der Waals surface area contributed by atoms with E-state index in [1.807, 2.05) is 0 Å². The van der Waals surface area contributed by atoms with E-state index in [0.29, 0.717) is 12.1 Å². The molecule has 2 aromatic rings. The number of imidazole rings is 1. The molecule has 2 aromatic heterocycles. The normalized spacial score (nSPS) is 20.8. The van der Waals surface area contributed by atoms with Crippen LogP contribution in [0.5, 0.6) is 0 Å². The van der Waals surface area contributed by atoms with Crippen molar-refractivity contribution >= 4 is 35.0 Å². The van der Waals surface area contributed by atoms with Crippen molar-refractivity contribution in [3.05, 3.63) is 51.1 Å². The number of hydrogen-bond acceptors (Lipinski definition) is 13. The Balaban J connectivity index is 1.45. The van der Waals surface area contributed by atoms with Crippen LogP contribution in [0.4, 0.5) is 0 Å². The van der Waals surface area contributed by atoms with Crippen LogP contribution in [0.15, 0.2) is 39.8 Å². The van der Waals surface area contributed by atoms with Gasteiger partial charge in [0.1, 0.15) is 19.3 Å². The quantitative estimate of drug-likeness (QED) is 0.168. The Morgan fingerprint density at radius 1 is 0.978 bits per heavy atom. The van der Waals surface area contributed by atoms with E-state index in [1.165, 1.54) is 38.5 Å². The molecular weight excluding hydrogens is 606 g/mol. The molecule has 1 fully saturated rings. The van der Waals surface area contributed by atoms with Gasteiger partial charge in [0.05, 0.1) is 25.0 Å². The van der Waals surface area contributed by atoms with Crippen molar-refractivity contribution in [1.29, 1.82) is 0 Å². The molecule has 250 valence electrons. The monoisotopic (exact) mass is 645 g/mol.